The van der Waals surface area contributed by atoms with Crippen molar-refractivity contribution in [1.29, 1.82) is 0 Å². The summed E-state index contributed by atoms with van der Waals surface area (Å²) in [6.07, 6.45) is 0. The molecule has 0 saturated carbocycles. The maximum atomic E-state index is 12.3. The van der Waals surface area contributed by atoms with Crippen molar-refractivity contribution >= 4 is 27.9 Å². The van der Waals surface area contributed by atoms with E-state index < -0.39 is 11.2 Å². The van der Waals surface area contributed by atoms with E-state index in [1.807, 2.05) is 42.5 Å². The maximum Gasteiger partial charge on any atom is 0.327 e. The summed E-state index contributed by atoms with van der Waals surface area (Å²) >= 11 is 0. The zero-order valence-corrected chi connectivity index (χ0v) is 13.8. The number of aromatic nitrogens is 4. The van der Waals surface area contributed by atoms with Crippen LogP contribution in [-0.2, 0) is 6.54 Å². The molecule has 0 atom stereocenters. The number of hydrogen-bond donors (Lipinski definition) is 4. The van der Waals surface area contributed by atoms with E-state index in [0.717, 1.165) is 16.3 Å². The number of fused-ring (bicyclic) bond motifs is 2. The van der Waals surface area contributed by atoms with Gasteiger partial charge in [-0.15, -0.1) is 0 Å². The van der Waals surface area contributed by atoms with E-state index >= 15 is 0 Å². The summed E-state index contributed by atoms with van der Waals surface area (Å²) < 4.78 is 1.71. The van der Waals surface area contributed by atoms with Gasteiger partial charge in [-0.1, -0.05) is 42.5 Å². The second-order valence-corrected chi connectivity index (χ2v) is 5.92. The van der Waals surface area contributed by atoms with E-state index in [-0.39, 0.29) is 24.3 Å². The molecule has 0 spiro atoms. The molecule has 4 N–H and O–H groups in total. The number of aromatic amines is 2. The Bertz CT molecular complexity index is 1200. The molecule has 0 saturated heterocycles. The van der Waals surface area contributed by atoms with Gasteiger partial charge in [0.05, 0.1) is 13.2 Å². The lowest BCUT2D eigenvalue weighted by Crippen LogP contribution is -2.23. The smallest absolute Gasteiger partial charge is 0.327 e. The fourth-order valence-corrected chi connectivity index (χ4v) is 3.13. The number of benzene rings is 2. The molecule has 8 heteroatoms. The number of nitrogens with zero attached hydrogens (tertiary/aromatic N) is 2. The molecule has 8 nitrogen and oxygen atoms in total. The Kier molecular flexibility index (Phi) is 4.02. The first-order valence-corrected chi connectivity index (χ1v) is 8.21. The molecule has 0 radical (unpaired) electrons. The second-order valence-electron chi connectivity index (χ2n) is 5.92. The van der Waals surface area contributed by atoms with Gasteiger partial charge in [0.25, 0.3) is 5.56 Å². The van der Waals surface area contributed by atoms with Crippen LogP contribution in [0.15, 0.2) is 52.1 Å². The minimum atomic E-state index is -0.606. The summed E-state index contributed by atoms with van der Waals surface area (Å²) in [6.45, 7) is 0.589. The number of H-pyrrole nitrogens is 2. The Hall–Kier alpha value is -3.39. The van der Waals surface area contributed by atoms with E-state index in [2.05, 4.69) is 20.3 Å². The molecule has 2 aromatic carbocycles. The van der Waals surface area contributed by atoms with Gasteiger partial charge in [-0.05, 0) is 16.3 Å². The molecule has 26 heavy (non-hydrogen) atoms. The minimum Gasteiger partial charge on any atom is -0.395 e. The van der Waals surface area contributed by atoms with Crippen LogP contribution >= 0.6 is 0 Å². The second kappa shape index (κ2) is 6.49. The first-order valence-electron chi connectivity index (χ1n) is 8.21. The van der Waals surface area contributed by atoms with Crippen LogP contribution in [0.5, 0.6) is 0 Å². The number of aliphatic hydroxyl groups is 1. The van der Waals surface area contributed by atoms with Gasteiger partial charge in [-0.25, -0.2) is 4.79 Å². The summed E-state index contributed by atoms with van der Waals surface area (Å²) in [6, 6.07) is 14.0. The Balaban J connectivity index is 1.91. The van der Waals surface area contributed by atoms with Crippen molar-refractivity contribution in [2.45, 2.75) is 6.54 Å². The summed E-state index contributed by atoms with van der Waals surface area (Å²) in [7, 11) is 0. The number of nitrogens with one attached hydrogen (secondary N) is 3. The number of hydrogen-bond acceptors (Lipinski definition) is 5. The molecular formula is C18H17N5O3. The highest BCUT2D eigenvalue weighted by Gasteiger charge is 2.16. The van der Waals surface area contributed by atoms with Crippen molar-refractivity contribution in [1.82, 2.24) is 19.5 Å². The predicted molar refractivity (Wildman–Crippen MR) is 99.6 cm³/mol. The van der Waals surface area contributed by atoms with Crippen LogP contribution in [0.2, 0.25) is 0 Å². The lowest BCUT2D eigenvalue weighted by atomic mass is 10.0. The van der Waals surface area contributed by atoms with Crippen molar-refractivity contribution in [3.63, 3.8) is 0 Å². The Morgan fingerprint density at radius 2 is 1.88 bits per heavy atom. The highest BCUT2D eigenvalue weighted by atomic mass is 16.3. The van der Waals surface area contributed by atoms with Gasteiger partial charge < -0.3 is 10.4 Å². The van der Waals surface area contributed by atoms with E-state index in [1.165, 1.54) is 0 Å². The summed E-state index contributed by atoms with van der Waals surface area (Å²) in [5, 5.41) is 14.3. The molecule has 0 aliphatic heterocycles. The fourth-order valence-electron chi connectivity index (χ4n) is 3.13. The van der Waals surface area contributed by atoms with Gasteiger partial charge in [0, 0.05) is 6.54 Å². The molecule has 0 bridgehead atoms. The van der Waals surface area contributed by atoms with Crippen molar-refractivity contribution in [3.8, 4) is 0 Å². The van der Waals surface area contributed by atoms with Crippen LogP contribution in [0.4, 0.5) is 5.95 Å². The third-order valence-electron chi connectivity index (χ3n) is 4.24. The van der Waals surface area contributed by atoms with Gasteiger partial charge >= 0.3 is 5.69 Å². The molecule has 2 aromatic heterocycles. The van der Waals surface area contributed by atoms with Gasteiger partial charge in [-0.3, -0.25) is 19.3 Å². The van der Waals surface area contributed by atoms with Crippen molar-refractivity contribution in [2.24, 2.45) is 0 Å². The number of rotatable bonds is 5. The van der Waals surface area contributed by atoms with E-state index in [4.69, 9.17) is 5.11 Å². The predicted octanol–water partition coefficient (Wildman–Crippen LogP) is 1.02. The van der Waals surface area contributed by atoms with Gasteiger partial charge in [0.2, 0.25) is 5.95 Å². The number of anilines is 1. The molecule has 0 aliphatic rings. The SMILES string of the molecule is O=c1[nH]c(=O)c2c(nc(NCCO)n2Cc2cccc3ccccc23)[nH]1. The molecule has 4 rings (SSSR count). The first-order chi connectivity index (χ1) is 12.7. The van der Waals surface area contributed by atoms with E-state index in [9.17, 15) is 9.59 Å². The third-order valence-corrected chi connectivity index (χ3v) is 4.24. The minimum absolute atomic E-state index is 0.0790. The van der Waals surface area contributed by atoms with Crippen LogP contribution in [0, 0.1) is 0 Å². The lowest BCUT2D eigenvalue weighted by molar-refractivity contribution is 0.310. The molecule has 2 heterocycles. The summed E-state index contributed by atoms with van der Waals surface area (Å²) in [4.78, 5) is 33.0. The molecule has 4 aromatic rings. The van der Waals surface area contributed by atoms with Gasteiger partial charge in [-0.2, -0.15) is 4.98 Å². The highest BCUT2D eigenvalue weighted by molar-refractivity contribution is 5.86. The Morgan fingerprint density at radius 3 is 2.73 bits per heavy atom. The van der Waals surface area contributed by atoms with Gasteiger partial charge in [0.1, 0.15) is 0 Å². The Morgan fingerprint density at radius 1 is 1.08 bits per heavy atom. The Labute approximate surface area is 147 Å². The average Bonchev–Trinajstić information content (AvgIpc) is 2.97. The molecule has 132 valence electrons. The zero-order valence-electron chi connectivity index (χ0n) is 13.8. The van der Waals surface area contributed by atoms with Crippen LogP contribution in [-0.4, -0.2) is 37.8 Å². The first kappa shape index (κ1) is 16.1. The van der Waals surface area contributed by atoms with Crippen LogP contribution < -0.4 is 16.6 Å². The summed E-state index contributed by atoms with van der Waals surface area (Å²) in [5.41, 5.74) is 0.386. The van der Waals surface area contributed by atoms with E-state index in [0.29, 0.717) is 12.5 Å². The van der Waals surface area contributed by atoms with Crippen molar-refractivity contribution in [2.75, 3.05) is 18.5 Å². The quantitative estimate of drug-likeness (QED) is 0.428. The number of imidazole rings is 1. The van der Waals surface area contributed by atoms with E-state index in [1.54, 1.807) is 4.57 Å². The maximum absolute atomic E-state index is 12.3. The van der Waals surface area contributed by atoms with Crippen LogP contribution in [0.25, 0.3) is 21.9 Å². The fraction of sp³-hybridized carbons (Fsp3) is 0.167. The largest absolute Gasteiger partial charge is 0.395 e. The van der Waals surface area contributed by atoms with Gasteiger partial charge in [0.15, 0.2) is 11.2 Å². The molecule has 0 amide bonds. The number of aliphatic hydroxyl groups excluding tert-OH is 1. The van der Waals surface area contributed by atoms with Crippen molar-refractivity contribution < 1.29 is 5.11 Å². The molecular weight excluding hydrogens is 334 g/mol. The van der Waals surface area contributed by atoms with Crippen LogP contribution in [0.3, 0.4) is 0 Å². The van der Waals surface area contributed by atoms with Crippen molar-refractivity contribution in [3.05, 3.63) is 68.9 Å². The normalized spacial score (nSPS) is 11.3. The lowest BCUT2D eigenvalue weighted by Gasteiger charge is -2.12. The highest BCUT2D eigenvalue weighted by Crippen LogP contribution is 2.22. The molecule has 0 aliphatic carbocycles. The average molecular weight is 351 g/mol. The summed E-state index contributed by atoms with van der Waals surface area (Å²) in [5.74, 6) is 0.411. The molecule has 0 fully saturated rings. The standard InChI is InChI=1S/C18H17N5O3/c24-9-8-19-17-20-15-14(16(25)22-18(26)21-15)23(17)10-12-6-3-5-11-4-1-2-7-13(11)12/h1-7,24H,8-10H2,(H3,19,20,21,22,25,26). The third kappa shape index (κ3) is 2.76. The molecule has 0 unspecified atom stereocenters. The zero-order chi connectivity index (χ0) is 18.1. The topological polar surface area (TPSA) is 116 Å². The monoisotopic (exact) mass is 351 g/mol. The van der Waals surface area contributed by atoms with Crippen LogP contribution in [0.1, 0.15) is 5.56 Å².